The molecule has 0 fully saturated rings. The number of carbonyl (C=O) groups excluding carboxylic acids is 1. The van der Waals surface area contributed by atoms with Crippen LogP contribution in [-0.2, 0) is 9.53 Å². The smallest absolute Gasteiger partial charge is 0.338 e. The van der Waals surface area contributed by atoms with Gasteiger partial charge in [0.25, 0.3) is 5.56 Å². The van der Waals surface area contributed by atoms with Crippen molar-refractivity contribution in [1.82, 2.24) is 4.57 Å². The Hall–Kier alpha value is -2.49. The van der Waals surface area contributed by atoms with Gasteiger partial charge in [0, 0.05) is 10.0 Å². The SMILES string of the molecule is CCC1=C(C(=O)OC)[C@H](c2ccccc2)n2c(s/c(=C/c3cc(Br)cc(Br)c3OC)c2=O)=N1. The van der Waals surface area contributed by atoms with Gasteiger partial charge in [0.15, 0.2) is 4.80 Å². The van der Waals surface area contributed by atoms with Crippen LogP contribution in [-0.4, -0.2) is 24.8 Å². The number of aromatic nitrogens is 1. The Morgan fingerprint density at radius 3 is 2.58 bits per heavy atom. The molecule has 0 N–H and O–H groups in total. The highest BCUT2D eigenvalue weighted by atomic mass is 79.9. The average Bonchev–Trinajstić information content (AvgIpc) is 3.12. The molecule has 2 aromatic carbocycles. The van der Waals surface area contributed by atoms with Crippen molar-refractivity contribution < 1.29 is 14.3 Å². The minimum absolute atomic E-state index is 0.234. The molecule has 6 nitrogen and oxygen atoms in total. The van der Waals surface area contributed by atoms with Gasteiger partial charge in [-0.15, -0.1) is 0 Å². The fourth-order valence-corrected chi connectivity index (χ4v) is 6.29. The van der Waals surface area contributed by atoms with Crippen molar-refractivity contribution in [3.05, 3.63) is 93.5 Å². The highest BCUT2D eigenvalue weighted by molar-refractivity contribution is 9.11. The topological polar surface area (TPSA) is 69.9 Å². The summed E-state index contributed by atoms with van der Waals surface area (Å²) in [4.78, 5) is 31.7. The first-order chi connectivity index (χ1) is 15.9. The van der Waals surface area contributed by atoms with Gasteiger partial charge in [-0.25, -0.2) is 9.79 Å². The zero-order valence-electron chi connectivity index (χ0n) is 18.1. The highest BCUT2D eigenvalue weighted by Crippen LogP contribution is 2.34. The number of methoxy groups -OCH3 is 2. The van der Waals surface area contributed by atoms with E-state index in [1.165, 1.54) is 18.4 Å². The summed E-state index contributed by atoms with van der Waals surface area (Å²) in [5.74, 6) is 0.129. The lowest BCUT2D eigenvalue weighted by molar-refractivity contribution is -0.136. The van der Waals surface area contributed by atoms with E-state index in [9.17, 15) is 9.59 Å². The molecule has 0 aliphatic carbocycles. The van der Waals surface area contributed by atoms with Gasteiger partial charge < -0.3 is 9.47 Å². The molecule has 0 saturated carbocycles. The summed E-state index contributed by atoms with van der Waals surface area (Å²) in [7, 11) is 2.92. The number of hydrogen-bond donors (Lipinski definition) is 0. The second kappa shape index (κ2) is 9.79. The number of esters is 1. The van der Waals surface area contributed by atoms with Crippen molar-refractivity contribution in [2.24, 2.45) is 4.99 Å². The molecular weight excluding hydrogens is 572 g/mol. The third kappa shape index (κ3) is 4.37. The zero-order valence-corrected chi connectivity index (χ0v) is 22.1. The lowest BCUT2D eigenvalue weighted by Gasteiger charge is -2.25. The molecule has 0 unspecified atom stereocenters. The summed E-state index contributed by atoms with van der Waals surface area (Å²) in [6.07, 6.45) is 2.32. The molecule has 1 atom stereocenters. The molecule has 1 aliphatic rings. The number of benzene rings is 2. The molecular formula is C24H20Br2N2O4S. The molecule has 2 heterocycles. The van der Waals surface area contributed by atoms with Crippen LogP contribution in [0.4, 0.5) is 0 Å². The Bertz CT molecular complexity index is 1440. The second-order valence-electron chi connectivity index (χ2n) is 7.21. The number of halogens is 2. The van der Waals surface area contributed by atoms with E-state index in [-0.39, 0.29) is 5.56 Å². The Morgan fingerprint density at radius 1 is 1.21 bits per heavy atom. The largest absolute Gasteiger partial charge is 0.495 e. The summed E-state index contributed by atoms with van der Waals surface area (Å²) in [5.41, 5.74) is 2.32. The van der Waals surface area contributed by atoms with E-state index in [1.807, 2.05) is 49.4 Å². The van der Waals surface area contributed by atoms with E-state index in [1.54, 1.807) is 17.8 Å². The number of nitrogens with zero attached hydrogens (tertiary/aromatic N) is 2. The molecule has 4 rings (SSSR count). The molecule has 3 aromatic rings. The Balaban J connectivity index is 2.03. The quantitative estimate of drug-likeness (QED) is 0.414. The number of hydrogen-bond acceptors (Lipinski definition) is 6. The molecule has 0 saturated heterocycles. The van der Waals surface area contributed by atoms with E-state index < -0.39 is 12.0 Å². The summed E-state index contributed by atoms with van der Waals surface area (Å²) in [6, 6.07) is 12.6. The molecule has 170 valence electrons. The van der Waals surface area contributed by atoms with Gasteiger partial charge >= 0.3 is 5.97 Å². The molecule has 33 heavy (non-hydrogen) atoms. The van der Waals surface area contributed by atoms with Crippen molar-refractivity contribution in [2.45, 2.75) is 19.4 Å². The maximum atomic E-state index is 13.7. The van der Waals surface area contributed by atoms with E-state index in [4.69, 9.17) is 9.47 Å². The Labute approximate surface area is 211 Å². The molecule has 0 bridgehead atoms. The van der Waals surface area contributed by atoms with Gasteiger partial charge in [-0.3, -0.25) is 9.36 Å². The van der Waals surface area contributed by atoms with Crippen molar-refractivity contribution in [2.75, 3.05) is 14.2 Å². The average molecular weight is 592 g/mol. The molecule has 1 aromatic heterocycles. The Kier molecular flexibility index (Phi) is 7.02. The van der Waals surface area contributed by atoms with Crippen molar-refractivity contribution >= 4 is 55.2 Å². The summed E-state index contributed by atoms with van der Waals surface area (Å²) in [5, 5.41) is 0. The fraction of sp³-hybridized carbons (Fsp3) is 0.208. The van der Waals surface area contributed by atoms with E-state index >= 15 is 0 Å². The number of allylic oxidation sites excluding steroid dienone is 1. The first-order valence-corrected chi connectivity index (χ1v) is 12.5. The van der Waals surface area contributed by atoms with Crippen LogP contribution in [0.3, 0.4) is 0 Å². The Morgan fingerprint density at radius 2 is 1.94 bits per heavy atom. The maximum Gasteiger partial charge on any atom is 0.338 e. The first-order valence-electron chi connectivity index (χ1n) is 10.1. The highest BCUT2D eigenvalue weighted by Gasteiger charge is 2.33. The van der Waals surface area contributed by atoms with Crippen LogP contribution in [0.25, 0.3) is 6.08 Å². The minimum atomic E-state index is -0.622. The van der Waals surface area contributed by atoms with Gasteiger partial charge in [0.1, 0.15) is 5.75 Å². The summed E-state index contributed by atoms with van der Waals surface area (Å²) >= 11 is 8.28. The van der Waals surface area contributed by atoms with Crippen LogP contribution in [0.5, 0.6) is 5.75 Å². The van der Waals surface area contributed by atoms with Crippen LogP contribution < -0.4 is 19.6 Å². The van der Waals surface area contributed by atoms with Crippen LogP contribution >= 0.6 is 43.2 Å². The predicted molar refractivity (Wildman–Crippen MR) is 135 cm³/mol. The predicted octanol–water partition coefficient (Wildman–Crippen LogP) is 4.33. The normalized spacial score (nSPS) is 15.8. The van der Waals surface area contributed by atoms with E-state index in [0.717, 1.165) is 20.1 Å². The molecule has 9 heteroatoms. The standard InChI is InChI=1S/C24H20Br2N2O4S/c1-4-17-19(23(30)32-3)20(13-8-6-5-7-9-13)28-22(29)18(33-24(28)27-17)11-14-10-15(25)12-16(26)21(14)31-2/h5-12,20H,4H2,1-3H3/b18-11+/t20-/m0/s1. The monoisotopic (exact) mass is 590 g/mol. The third-order valence-corrected chi connectivity index (χ3v) is 7.32. The molecule has 0 radical (unpaired) electrons. The molecule has 0 amide bonds. The summed E-state index contributed by atoms with van der Waals surface area (Å²) in [6.45, 7) is 1.93. The molecule has 0 spiro atoms. The van der Waals surface area contributed by atoms with Gasteiger partial charge in [0.05, 0.1) is 40.5 Å². The van der Waals surface area contributed by atoms with E-state index in [0.29, 0.717) is 32.8 Å². The number of ether oxygens (including phenoxy) is 2. The summed E-state index contributed by atoms with van der Waals surface area (Å²) < 4.78 is 14.3. The van der Waals surface area contributed by atoms with Crippen LogP contribution in [0.1, 0.15) is 30.5 Å². The third-order valence-electron chi connectivity index (χ3n) is 5.29. The van der Waals surface area contributed by atoms with Crippen LogP contribution in [0, 0.1) is 0 Å². The van der Waals surface area contributed by atoms with Gasteiger partial charge in [-0.2, -0.15) is 0 Å². The lowest BCUT2D eigenvalue weighted by atomic mass is 9.95. The lowest BCUT2D eigenvalue weighted by Crippen LogP contribution is -2.40. The zero-order chi connectivity index (χ0) is 23.7. The maximum absolute atomic E-state index is 13.7. The van der Waals surface area contributed by atoms with Gasteiger partial charge in [-0.1, -0.05) is 64.5 Å². The number of rotatable bonds is 5. The van der Waals surface area contributed by atoms with Crippen molar-refractivity contribution in [3.8, 4) is 5.75 Å². The van der Waals surface area contributed by atoms with E-state index in [2.05, 4.69) is 36.9 Å². The minimum Gasteiger partial charge on any atom is -0.495 e. The van der Waals surface area contributed by atoms with Crippen LogP contribution in [0.2, 0.25) is 0 Å². The number of fused-ring (bicyclic) bond motifs is 1. The van der Waals surface area contributed by atoms with Crippen molar-refractivity contribution in [3.63, 3.8) is 0 Å². The van der Waals surface area contributed by atoms with Gasteiger partial charge in [0.2, 0.25) is 0 Å². The number of thiazole rings is 1. The van der Waals surface area contributed by atoms with Crippen molar-refractivity contribution in [1.29, 1.82) is 0 Å². The van der Waals surface area contributed by atoms with Gasteiger partial charge in [-0.05, 0) is 46.1 Å². The second-order valence-corrected chi connectivity index (χ2v) is 9.99. The first kappa shape index (κ1) is 23.7. The molecule has 1 aliphatic heterocycles. The number of carbonyl (C=O) groups is 1. The fourth-order valence-electron chi connectivity index (χ4n) is 3.86. The van der Waals surface area contributed by atoms with Crippen LogP contribution in [0.15, 0.2) is 72.5 Å².